The maximum Gasteiger partial charge on any atom is 0.330 e. The molecule has 0 radical (unpaired) electrons. The van der Waals surface area contributed by atoms with Crippen LogP contribution in [-0.4, -0.2) is 88.2 Å². The molecule has 13 heteroatoms. The van der Waals surface area contributed by atoms with E-state index in [9.17, 15) is 20.1 Å². The van der Waals surface area contributed by atoms with Crippen molar-refractivity contribution in [1.82, 2.24) is 29.3 Å². The van der Waals surface area contributed by atoms with E-state index in [1.54, 1.807) is 25.4 Å². The molecule has 192 valence electrons. The molecule has 0 unspecified atom stereocenters. The van der Waals surface area contributed by atoms with E-state index in [1.165, 1.54) is 21.7 Å². The first-order valence-electron chi connectivity index (χ1n) is 12.0. The third-order valence-electron chi connectivity index (χ3n) is 6.40. The van der Waals surface area contributed by atoms with Crippen LogP contribution in [-0.2, 0) is 14.3 Å². The van der Waals surface area contributed by atoms with Gasteiger partial charge in [0.1, 0.15) is 18.3 Å². The van der Waals surface area contributed by atoms with Crippen LogP contribution in [0.25, 0.3) is 23.2 Å². The lowest BCUT2D eigenvalue weighted by Crippen LogP contribution is -2.33. The van der Waals surface area contributed by atoms with Gasteiger partial charge in [-0.2, -0.15) is 15.1 Å². The van der Waals surface area contributed by atoms with Crippen molar-refractivity contribution in [2.75, 3.05) is 18.5 Å². The summed E-state index contributed by atoms with van der Waals surface area (Å²) in [6, 6.07) is 0.246. The van der Waals surface area contributed by atoms with Crippen LogP contribution in [0.4, 0.5) is 5.82 Å². The SMILES string of the molecule is CCOC(=O)C=Cc1cnn(-c2nc(NC3CCCC3)c3ncn([C@@H]4O[C@@H](CO)[C@H](O)[C@@H]4O)c3n2)c1. The molecule has 4 heterocycles. The minimum Gasteiger partial charge on any atom is -0.463 e. The van der Waals surface area contributed by atoms with Gasteiger partial charge in [-0.25, -0.2) is 14.5 Å². The van der Waals surface area contributed by atoms with E-state index in [2.05, 4.69) is 25.4 Å². The van der Waals surface area contributed by atoms with Gasteiger partial charge in [-0.1, -0.05) is 12.8 Å². The second-order valence-corrected chi connectivity index (χ2v) is 8.85. The molecule has 1 saturated heterocycles. The maximum absolute atomic E-state index is 11.6. The van der Waals surface area contributed by atoms with Crippen molar-refractivity contribution in [1.29, 1.82) is 0 Å². The molecule has 3 aromatic heterocycles. The Kier molecular flexibility index (Phi) is 6.96. The van der Waals surface area contributed by atoms with Crippen molar-refractivity contribution >= 4 is 29.0 Å². The van der Waals surface area contributed by atoms with Gasteiger partial charge >= 0.3 is 5.97 Å². The number of aromatic nitrogens is 6. The second-order valence-electron chi connectivity index (χ2n) is 8.85. The molecular weight excluding hydrogens is 470 g/mol. The zero-order valence-corrected chi connectivity index (χ0v) is 19.8. The van der Waals surface area contributed by atoms with Crippen LogP contribution < -0.4 is 5.32 Å². The summed E-state index contributed by atoms with van der Waals surface area (Å²) in [6.07, 6.45) is 7.44. The molecule has 0 aromatic carbocycles. The molecule has 3 aromatic rings. The van der Waals surface area contributed by atoms with Gasteiger partial charge in [0.05, 0.1) is 25.7 Å². The fourth-order valence-electron chi connectivity index (χ4n) is 4.55. The monoisotopic (exact) mass is 499 g/mol. The van der Waals surface area contributed by atoms with Crippen molar-refractivity contribution in [3.8, 4) is 5.95 Å². The average Bonchev–Trinajstić information content (AvgIpc) is 3.67. The molecule has 2 fully saturated rings. The highest BCUT2D eigenvalue weighted by Gasteiger charge is 2.44. The van der Waals surface area contributed by atoms with E-state index in [0.29, 0.717) is 22.5 Å². The Morgan fingerprint density at radius 1 is 1.28 bits per heavy atom. The predicted octanol–water partition coefficient (Wildman–Crippen LogP) is 0.554. The molecule has 0 bridgehead atoms. The zero-order chi connectivity index (χ0) is 25.2. The Morgan fingerprint density at radius 3 is 2.81 bits per heavy atom. The molecule has 4 N–H and O–H groups in total. The lowest BCUT2D eigenvalue weighted by molar-refractivity contribution is -0.137. The van der Waals surface area contributed by atoms with Crippen molar-refractivity contribution in [3.63, 3.8) is 0 Å². The number of hydrogen-bond donors (Lipinski definition) is 4. The number of anilines is 1. The second kappa shape index (κ2) is 10.3. The Hall–Kier alpha value is -3.39. The number of ether oxygens (including phenoxy) is 2. The van der Waals surface area contributed by atoms with Crippen molar-refractivity contribution in [3.05, 3.63) is 30.4 Å². The van der Waals surface area contributed by atoms with E-state index in [4.69, 9.17) is 9.47 Å². The molecule has 1 saturated carbocycles. The normalized spacial score (nSPS) is 24.8. The fourth-order valence-corrected chi connectivity index (χ4v) is 4.55. The number of rotatable bonds is 8. The van der Waals surface area contributed by atoms with Gasteiger partial charge in [-0.05, 0) is 25.8 Å². The summed E-state index contributed by atoms with van der Waals surface area (Å²) in [5.74, 6) is 0.312. The van der Waals surface area contributed by atoms with Crippen LogP contribution in [0.1, 0.15) is 44.4 Å². The van der Waals surface area contributed by atoms with Crippen LogP contribution in [0.15, 0.2) is 24.8 Å². The summed E-state index contributed by atoms with van der Waals surface area (Å²) in [6.45, 7) is 1.58. The highest BCUT2D eigenvalue weighted by Crippen LogP contribution is 2.33. The maximum atomic E-state index is 11.6. The van der Waals surface area contributed by atoms with E-state index in [0.717, 1.165) is 25.7 Å². The van der Waals surface area contributed by atoms with E-state index in [1.807, 2.05) is 0 Å². The lowest BCUT2D eigenvalue weighted by Gasteiger charge is -2.18. The first kappa shape index (κ1) is 24.3. The molecule has 5 rings (SSSR count). The van der Waals surface area contributed by atoms with Gasteiger partial charge in [0, 0.05) is 23.9 Å². The number of hydrogen-bond acceptors (Lipinski definition) is 11. The molecule has 13 nitrogen and oxygen atoms in total. The molecule has 1 aliphatic carbocycles. The minimum absolute atomic E-state index is 0.243. The highest BCUT2D eigenvalue weighted by molar-refractivity contribution is 5.87. The number of esters is 1. The van der Waals surface area contributed by atoms with Crippen LogP contribution in [0, 0.1) is 0 Å². The molecule has 0 amide bonds. The molecular formula is C23H29N7O6. The number of aliphatic hydroxyl groups is 3. The Morgan fingerprint density at radius 2 is 2.08 bits per heavy atom. The number of nitrogens with one attached hydrogen (secondary N) is 1. The first-order chi connectivity index (χ1) is 17.5. The Labute approximate surface area is 206 Å². The largest absolute Gasteiger partial charge is 0.463 e. The van der Waals surface area contributed by atoms with E-state index < -0.39 is 37.1 Å². The number of carbonyl (C=O) groups is 1. The summed E-state index contributed by atoms with van der Waals surface area (Å²) in [4.78, 5) is 25.4. The summed E-state index contributed by atoms with van der Waals surface area (Å²) in [5, 5.41) is 38.1. The minimum atomic E-state index is -1.28. The number of fused-ring (bicyclic) bond motifs is 1. The fraction of sp³-hybridized carbons (Fsp3) is 0.522. The number of imidazole rings is 1. The van der Waals surface area contributed by atoms with Crippen LogP contribution in [0.5, 0.6) is 0 Å². The van der Waals surface area contributed by atoms with Crippen LogP contribution >= 0.6 is 0 Å². The van der Waals surface area contributed by atoms with Crippen molar-refractivity contribution in [2.24, 2.45) is 0 Å². The number of nitrogens with zero attached hydrogens (tertiary/aromatic N) is 6. The predicted molar refractivity (Wildman–Crippen MR) is 127 cm³/mol. The molecule has 1 aliphatic heterocycles. The average molecular weight is 500 g/mol. The summed E-state index contributed by atoms with van der Waals surface area (Å²) in [5.41, 5.74) is 1.50. The van der Waals surface area contributed by atoms with Gasteiger partial charge in [0.15, 0.2) is 23.2 Å². The van der Waals surface area contributed by atoms with Gasteiger partial charge in [0.2, 0.25) is 0 Å². The van der Waals surface area contributed by atoms with Crippen molar-refractivity contribution in [2.45, 2.75) is 63.2 Å². The zero-order valence-electron chi connectivity index (χ0n) is 19.8. The van der Waals surface area contributed by atoms with E-state index in [-0.39, 0.29) is 18.6 Å². The lowest BCUT2D eigenvalue weighted by atomic mass is 10.1. The summed E-state index contributed by atoms with van der Waals surface area (Å²) < 4.78 is 13.6. The van der Waals surface area contributed by atoms with Gasteiger partial charge in [-0.15, -0.1) is 0 Å². The highest BCUT2D eigenvalue weighted by atomic mass is 16.6. The summed E-state index contributed by atoms with van der Waals surface area (Å²) >= 11 is 0. The van der Waals surface area contributed by atoms with Crippen LogP contribution in [0.3, 0.4) is 0 Å². The van der Waals surface area contributed by atoms with Gasteiger partial charge in [0.25, 0.3) is 5.95 Å². The number of aliphatic hydroxyl groups excluding tert-OH is 3. The number of carbonyl (C=O) groups excluding carboxylic acids is 1. The topological polar surface area (TPSA) is 170 Å². The quantitative estimate of drug-likeness (QED) is 0.252. The third kappa shape index (κ3) is 4.69. The molecule has 0 spiro atoms. The van der Waals surface area contributed by atoms with Gasteiger partial charge in [-0.3, -0.25) is 4.57 Å². The van der Waals surface area contributed by atoms with Crippen LogP contribution in [0.2, 0.25) is 0 Å². The van der Waals surface area contributed by atoms with Gasteiger partial charge < -0.3 is 30.1 Å². The molecule has 4 atom stereocenters. The van der Waals surface area contributed by atoms with Crippen molar-refractivity contribution < 1.29 is 29.6 Å². The Balaban J connectivity index is 1.53. The Bertz CT molecular complexity index is 1250. The first-order valence-corrected chi connectivity index (χ1v) is 12.0. The third-order valence-corrected chi connectivity index (χ3v) is 6.40. The molecule has 2 aliphatic rings. The summed E-state index contributed by atoms with van der Waals surface area (Å²) in [7, 11) is 0. The smallest absolute Gasteiger partial charge is 0.330 e. The van der Waals surface area contributed by atoms with E-state index >= 15 is 0 Å². The molecule has 36 heavy (non-hydrogen) atoms. The standard InChI is InChI=1S/C23H29N7O6/c1-2-35-16(32)8-7-13-9-25-30(10-13)23-27-20(26-14-5-3-4-6-14)17-21(28-23)29(12-24-17)22-19(34)18(33)15(11-31)36-22/h7-10,12,14-15,18-19,22,31,33-34H,2-6,11H2,1H3,(H,26,27,28)/t15-,18-,19-,22+/m0/s1.